The van der Waals surface area contributed by atoms with Crippen LogP contribution in [0.2, 0.25) is 5.15 Å². The van der Waals surface area contributed by atoms with E-state index in [1.807, 2.05) is 20.8 Å². The standard InChI is InChI=1S/C10H12ClNO2.CH2O2/c1-10(2,3)14-9(13)7-4-5-12-8(11)6-7;2-1-3/h4-6H,1-3H3;1H,(H,2,3). The molecule has 0 amide bonds. The molecule has 0 unspecified atom stereocenters. The smallest absolute Gasteiger partial charge is 0.338 e. The quantitative estimate of drug-likeness (QED) is 0.476. The van der Waals surface area contributed by atoms with Gasteiger partial charge in [-0.2, -0.15) is 0 Å². The highest BCUT2D eigenvalue weighted by Crippen LogP contribution is 2.13. The van der Waals surface area contributed by atoms with Crippen molar-refractivity contribution in [2.24, 2.45) is 0 Å². The summed E-state index contributed by atoms with van der Waals surface area (Å²) < 4.78 is 5.15. The number of carbonyl (C=O) groups excluding carboxylic acids is 1. The van der Waals surface area contributed by atoms with Gasteiger partial charge in [-0.1, -0.05) is 11.6 Å². The normalized spacial score (nSPS) is 9.88. The van der Waals surface area contributed by atoms with Gasteiger partial charge in [0.2, 0.25) is 0 Å². The molecule has 0 atom stereocenters. The number of rotatable bonds is 1. The summed E-state index contributed by atoms with van der Waals surface area (Å²) in [4.78, 5) is 23.6. The second kappa shape index (κ2) is 6.85. The van der Waals surface area contributed by atoms with Gasteiger partial charge >= 0.3 is 5.97 Å². The summed E-state index contributed by atoms with van der Waals surface area (Å²) in [6, 6.07) is 3.05. The highest BCUT2D eigenvalue weighted by molar-refractivity contribution is 6.29. The Morgan fingerprint density at radius 1 is 1.53 bits per heavy atom. The van der Waals surface area contributed by atoms with Gasteiger partial charge in [0.25, 0.3) is 6.47 Å². The van der Waals surface area contributed by atoms with Gasteiger partial charge in [0.15, 0.2) is 0 Å². The van der Waals surface area contributed by atoms with E-state index in [4.69, 9.17) is 26.2 Å². The van der Waals surface area contributed by atoms with Crippen LogP contribution in [-0.2, 0) is 9.53 Å². The van der Waals surface area contributed by atoms with Gasteiger partial charge in [-0.25, -0.2) is 9.78 Å². The van der Waals surface area contributed by atoms with Crippen LogP contribution in [0.25, 0.3) is 0 Å². The molecule has 1 aromatic rings. The second-order valence-electron chi connectivity index (χ2n) is 3.97. The number of halogens is 1. The van der Waals surface area contributed by atoms with Gasteiger partial charge in [0.05, 0.1) is 5.56 Å². The fourth-order valence-corrected chi connectivity index (χ4v) is 1.04. The minimum absolute atomic E-state index is 0.250. The number of carboxylic acid groups (broad SMARTS) is 1. The molecule has 0 aliphatic carbocycles. The molecule has 1 aromatic heterocycles. The van der Waals surface area contributed by atoms with Crippen LogP contribution >= 0.6 is 11.6 Å². The summed E-state index contributed by atoms with van der Waals surface area (Å²) in [5.74, 6) is -0.387. The zero-order valence-corrected chi connectivity index (χ0v) is 10.6. The van der Waals surface area contributed by atoms with Crippen LogP contribution in [0.1, 0.15) is 31.1 Å². The average Bonchev–Trinajstić information content (AvgIpc) is 2.16. The van der Waals surface area contributed by atoms with Crippen molar-refractivity contribution in [3.63, 3.8) is 0 Å². The lowest BCUT2D eigenvalue weighted by molar-refractivity contribution is -0.122. The highest BCUT2D eigenvalue weighted by Gasteiger charge is 2.17. The minimum Gasteiger partial charge on any atom is -0.483 e. The van der Waals surface area contributed by atoms with E-state index in [1.165, 1.54) is 12.3 Å². The number of aromatic nitrogens is 1. The van der Waals surface area contributed by atoms with Crippen LogP contribution in [0.15, 0.2) is 18.3 Å². The third-order valence-electron chi connectivity index (χ3n) is 1.36. The Hall–Kier alpha value is -1.62. The van der Waals surface area contributed by atoms with E-state index < -0.39 is 5.60 Å². The SMILES string of the molecule is CC(C)(C)OC(=O)c1ccnc(Cl)c1.O=CO. The third kappa shape index (κ3) is 7.30. The number of hydrogen-bond acceptors (Lipinski definition) is 4. The molecule has 0 fully saturated rings. The Labute approximate surface area is 104 Å². The van der Waals surface area contributed by atoms with Crippen LogP contribution in [-0.4, -0.2) is 28.1 Å². The Bertz CT molecular complexity index is 387. The molecule has 0 saturated heterocycles. The fourth-order valence-electron chi connectivity index (χ4n) is 0.866. The number of ether oxygens (including phenoxy) is 1. The minimum atomic E-state index is -0.493. The Morgan fingerprint density at radius 2 is 2.06 bits per heavy atom. The zero-order chi connectivity index (χ0) is 13.5. The fraction of sp³-hybridized carbons (Fsp3) is 0.364. The molecule has 1 rings (SSSR count). The first-order chi connectivity index (χ1) is 7.80. The molecular weight excluding hydrogens is 246 g/mol. The molecule has 0 aliphatic rings. The highest BCUT2D eigenvalue weighted by atomic mass is 35.5. The van der Waals surface area contributed by atoms with Crippen molar-refractivity contribution in [2.75, 3.05) is 0 Å². The van der Waals surface area contributed by atoms with E-state index in [-0.39, 0.29) is 17.6 Å². The van der Waals surface area contributed by atoms with Gasteiger partial charge in [0.1, 0.15) is 10.8 Å². The number of pyridine rings is 1. The molecular formula is C11H14ClNO4. The van der Waals surface area contributed by atoms with Crippen molar-refractivity contribution in [2.45, 2.75) is 26.4 Å². The maximum absolute atomic E-state index is 11.5. The molecule has 5 nitrogen and oxygen atoms in total. The van der Waals surface area contributed by atoms with Crippen LogP contribution < -0.4 is 0 Å². The van der Waals surface area contributed by atoms with E-state index >= 15 is 0 Å². The van der Waals surface area contributed by atoms with Gasteiger partial charge in [-0.05, 0) is 32.9 Å². The van der Waals surface area contributed by atoms with Crippen LogP contribution in [0.4, 0.5) is 0 Å². The molecule has 0 radical (unpaired) electrons. The second-order valence-corrected chi connectivity index (χ2v) is 4.36. The van der Waals surface area contributed by atoms with Crippen LogP contribution in [0.5, 0.6) is 0 Å². The summed E-state index contributed by atoms with van der Waals surface area (Å²) in [5, 5.41) is 7.17. The summed E-state index contributed by atoms with van der Waals surface area (Å²) >= 11 is 5.64. The lowest BCUT2D eigenvalue weighted by Gasteiger charge is -2.19. The first-order valence-corrected chi connectivity index (χ1v) is 5.10. The zero-order valence-electron chi connectivity index (χ0n) is 9.81. The van der Waals surface area contributed by atoms with E-state index in [0.717, 1.165) is 0 Å². The topological polar surface area (TPSA) is 76.5 Å². The lowest BCUT2D eigenvalue weighted by Crippen LogP contribution is -2.23. The van der Waals surface area contributed by atoms with Crippen LogP contribution in [0, 0.1) is 0 Å². The molecule has 94 valence electrons. The monoisotopic (exact) mass is 259 g/mol. The van der Waals surface area contributed by atoms with Crippen molar-refractivity contribution in [3.8, 4) is 0 Å². The largest absolute Gasteiger partial charge is 0.483 e. The maximum Gasteiger partial charge on any atom is 0.338 e. The van der Waals surface area contributed by atoms with Crippen molar-refractivity contribution in [1.29, 1.82) is 0 Å². The van der Waals surface area contributed by atoms with E-state index in [1.54, 1.807) is 6.07 Å². The number of nitrogens with zero attached hydrogens (tertiary/aromatic N) is 1. The molecule has 17 heavy (non-hydrogen) atoms. The van der Waals surface area contributed by atoms with Crippen LogP contribution in [0.3, 0.4) is 0 Å². The maximum atomic E-state index is 11.5. The lowest BCUT2D eigenvalue weighted by atomic mass is 10.2. The summed E-state index contributed by atoms with van der Waals surface area (Å²) in [6.07, 6.45) is 1.47. The van der Waals surface area contributed by atoms with Gasteiger partial charge in [-0.15, -0.1) is 0 Å². The van der Waals surface area contributed by atoms with Gasteiger partial charge < -0.3 is 9.84 Å². The van der Waals surface area contributed by atoms with E-state index in [0.29, 0.717) is 5.56 Å². The average molecular weight is 260 g/mol. The molecule has 1 heterocycles. The Balaban J connectivity index is 0.000000770. The third-order valence-corrected chi connectivity index (χ3v) is 1.57. The summed E-state index contributed by atoms with van der Waals surface area (Å²) in [6.45, 7) is 5.19. The van der Waals surface area contributed by atoms with Crippen molar-refractivity contribution < 1.29 is 19.4 Å². The van der Waals surface area contributed by atoms with Gasteiger partial charge in [0, 0.05) is 6.20 Å². The molecule has 0 spiro atoms. The molecule has 1 N–H and O–H groups in total. The molecule has 0 saturated carbocycles. The van der Waals surface area contributed by atoms with Crippen molar-refractivity contribution in [1.82, 2.24) is 4.98 Å². The van der Waals surface area contributed by atoms with Gasteiger partial charge in [-0.3, -0.25) is 4.79 Å². The molecule has 6 heteroatoms. The number of esters is 1. The van der Waals surface area contributed by atoms with Crippen molar-refractivity contribution in [3.05, 3.63) is 29.0 Å². The van der Waals surface area contributed by atoms with Crippen molar-refractivity contribution >= 4 is 24.0 Å². The summed E-state index contributed by atoms with van der Waals surface area (Å²) in [7, 11) is 0. The Kier molecular flexibility index (Phi) is 6.20. The predicted molar refractivity (Wildman–Crippen MR) is 63.1 cm³/mol. The predicted octanol–water partition coefficient (Wildman–Crippen LogP) is 2.39. The van der Waals surface area contributed by atoms with E-state index in [9.17, 15) is 4.79 Å². The first kappa shape index (κ1) is 15.4. The summed E-state index contributed by atoms with van der Waals surface area (Å²) in [5.41, 5.74) is -0.0766. The van der Waals surface area contributed by atoms with E-state index in [2.05, 4.69) is 4.98 Å². The number of hydrogen-bond donors (Lipinski definition) is 1. The number of carbonyl (C=O) groups is 2. The molecule has 0 aliphatic heterocycles. The Morgan fingerprint density at radius 3 is 2.47 bits per heavy atom. The molecule has 0 aromatic carbocycles. The first-order valence-electron chi connectivity index (χ1n) is 4.73. The molecule has 0 bridgehead atoms.